The Balaban J connectivity index is 2.88. The summed E-state index contributed by atoms with van der Waals surface area (Å²) in [6.07, 6.45) is 0.923. The molecule has 1 unspecified atom stereocenters. The summed E-state index contributed by atoms with van der Waals surface area (Å²) in [5.74, 6) is 1.88. The summed E-state index contributed by atoms with van der Waals surface area (Å²) in [6.45, 7) is 6.05. The average Bonchev–Trinajstić information content (AvgIpc) is 2.31. The average molecular weight is 153 g/mol. The monoisotopic (exact) mass is 153 g/mol. The summed E-state index contributed by atoms with van der Waals surface area (Å²) in [6, 6.07) is 2.08. The Morgan fingerprint density at radius 3 is 2.55 bits per heavy atom. The Hall–Kier alpha value is -0.760. The molecule has 0 saturated heterocycles. The molecule has 0 bridgehead atoms. The van der Waals surface area contributed by atoms with E-state index in [9.17, 15) is 0 Å². The van der Waals surface area contributed by atoms with Gasteiger partial charge in [-0.25, -0.2) is 0 Å². The summed E-state index contributed by atoms with van der Waals surface area (Å²) < 4.78 is 5.44. The molecule has 62 valence electrons. The van der Waals surface area contributed by atoms with Crippen LogP contribution in [0, 0.1) is 13.8 Å². The summed E-state index contributed by atoms with van der Waals surface area (Å²) >= 11 is 0. The number of hydrogen-bond donors (Lipinski definition) is 1. The molecule has 0 radical (unpaired) electrons. The standard InChI is InChI=1S/C9H15NO/c1-4-8(10)9-5-6(2)7(3)11-9/h5,8H,4,10H2,1-3H3. The van der Waals surface area contributed by atoms with Gasteiger partial charge in [0.05, 0.1) is 6.04 Å². The molecule has 1 heterocycles. The van der Waals surface area contributed by atoms with Crippen LogP contribution in [0.25, 0.3) is 0 Å². The summed E-state index contributed by atoms with van der Waals surface area (Å²) in [4.78, 5) is 0. The Morgan fingerprint density at radius 1 is 1.55 bits per heavy atom. The first-order valence-corrected chi connectivity index (χ1v) is 3.97. The largest absolute Gasteiger partial charge is 0.464 e. The molecule has 0 aliphatic carbocycles. The predicted molar refractivity (Wildman–Crippen MR) is 45.4 cm³/mol. The van der Waals surface area contributed by atoms with E-state index < -0.39 is 0 Å². The number of aryl methyl sites for hydroxylation is 2. The zero-order valence-electron chi connectivity index (χ0n) is 7.35. The maximum atomic E-state index is 5.78. The predicted octanol–water partition coefficient (Wildman–Crippen LogP) is 2.31. The highest BCUT2D eigenvalue weighted by Gasteiger charge is 2.09. The van der Waals surface area contributed by atoms with E-state index >= 15 is 0 Å². The molecule has 0 aromatic carbocycles. The lowest BCUT2D eigenvalue weighted by molar-refractivity contribution is 0.440. The van der Waals surface area contributed by atoms with Crippen molar-refractivity contribution in [2.75, 3.05) is 0 Å². The fraction of sp³-hybridized carbons (Fsp3) is 0.556. The second-order valence-electron chi connectivity index (χ2n) is 2.90. The first kappa shape index (κ1) is 8.34. The third kappa shape index (κ3) is 1.63. The van der Waals surface area contributed by atoms with E-state index in [-0.39, 0.29) is 6.04 Å². The molecule has 2 N–H and O–H groups in total. The first-order chi connectivity index (χ1) is 5.15. The fourth-order valence-corrected chi connectivity index (χ4v) is 0.986. The Morgan fingerprint density at radius 2 is 2.18 bits per heavy atom. The molecule has 0 spiro atoms. The van der Waals surface area contributed by atoms with Crippen molar-refractivity contribution in [3.63, 3.8) is 0 Å². The highest BCUT2D eigenvalue weighted by Crippen LogP contribution is 2.19. The van der Waals surface area contributed by atoms with Crippen molar-refractivity contribution in [1.82, 2.24) is 0 Å². The van der Waals surface area contributed by atoms with Gasteiger partial charge in [0.2, 0.25) is 0 Å². The second-order valence-corrected chi connectivity index (χ2v) is 2.90. The molecule has 11 heavy (non-hydrogen) atoms. The number of rotatable bonds is 2. The molecule has 0 aliphatic rings. The van der Waals surface area contributed by atoms with Crippen LogP contribution in [-0.4, -0.2) is 0 Å². The lowest BCUT2D eigenvalue weighted by Crippen LogP contribution is -2.06. The van der Waals surface area contributed by atoms with Crippen molar-refractivity contribution >= 4 is 0 Å². The van der Waals surface area contributed by atoms with E-state index in [4.69, 9.17) is 10.2 Å². The quantitative estimate of drug-likeness (QED) is 0.708. The number of furan rings is 1. The highest BCUT2D eigenvalue weighted by molar-refractivity contribution is 5.20. The van der Waals surface area contributed by atoms with Gasteiger partial charge in [-0.1, -0.05) is 6.92 Å². The van der Waals surface area contributed by atoms with Crippen LogP contribution in [0.15, 0.2) is 10.5 Å². The van der Waals surface area contributed by atoms with Crippen LogP contribution >= 0.6 is 0 Å². The highest BCUT2D eigenvalue weighted by atomic mass is 16.3. The zero-order valence-corrected chi connectivity index (χ0v) is 7.35. The minimum Gasteiger partial charge on any atom is -0.464 e. The molecular weight excluding hydrogens is 138 g/mol. The minimum absolute atomic E-state index is 0.0578. The van der Waals surface area contributed by atoms with Crippen molar-refractivity contribution in [3.8, 4) is 0 Å². The van der Waals surface area contributed by atoms with E-state index in [0.29, 0.717) is 0 Å². The van der Waals surface area contributed by atoms with E-state index in [0.717, 1.165) is 17.9 Å². The van der Waals surface area contributed by atoms with Gasteiger partial charge in [-0.2, -0.15) is 0 Å². The SMILES string of the molecule is CCC(N)c1cc(C)c(C)o1. The van der Waals surface area contributed by atoms with Gasteiger partial charge in [-0.05, 0) is 31.9 Å². The minimum atomic E-state index is 0.0578. The zero-order chi connectivity index (χ0) is 8.43. The number of nitrogens with two attached hydrogens (primary N) is 1. The molecule has 0 saturated carbocycles. The van der Waals surface area contributed by atoms with Crippen LogP contribution in [-0.2, 0) is 0 Å². The van der Waals surface area contributed by atoms with Crippen molar-refractivity contribution in [2.45, 2.75) is 33.2 Å². The van der Waals surface area contributed by atoms with Crippen LogP contribution in [0.2, 0.25) is 0 Å². The third-order valence-electron chi connectivity index (χ3n) is 1.99. The molecule has 0 fully saturated rings. The van der Waals surface area contributed by atoms with Crippen LogP contribution < -0.4 is 5.73 Å². The van der Waals surface area contributed by atoms with Crippen molar-refractivity contribution in [2.24, 2.45) is 5.73 Å². The van der Waals surface area contributed by atoms with Crippen LogP contribution in [0.3, 0.4) is 0 Å². The third-order valence-corrected chi connectivity index (χ3v) is 1.99. The molecule has 1 aromatic heterocycles. The van der Waals surface area contributed by atoms with E-state index in [1.807, 2.05) is 19.9 Å². The molecule has 2 heteroatoms. The van der Waals surface area contributed by atoms with E-state index in [2.05, 4.69) is 6.92 Å². The molecule has 0 aliphatic heterocycles. The Labute approximate surface area is 67.4 Å². The first-order valence-electron chi connectivity index (χ1n) is 3.97. The molecular formula is C9H15NO. The van der Waals surface area contributed by atoms with Gasteiger partial charge in [0, 0.05) is 0 Å². The van der Waals surface area contributed by atoms with Gasteiger partial charge in [-0.15, -0.1) is 0 Å². The van der Waals surface area contributed by atoms with Crippen LogP contribution in [0.1, 0.15) is 36.5 Å². The smallest absolute Gasteiger partial charge is 0.121 e. The van der Waals surface area contributed by atoms with Crippen molar-refractivity contribution in [3.05, 3.63) is 23.2 Å². The number of hydrogen-bond acceptors (Lipinski definition) is 2. The second kappa shape index (κ2) is 3.09. The van der Waals surface area contributed by atoms with Gasteiger partial charge in [-0.3, -0.25) is 0 Å². The maximum Gasteiger partial charge on any atom is 0.121 e. The lowest BCUT2D eigenvalue weighted by Gasteiger charge is -2.02. The van der Waals surface area contributed by atoms with Gasteiger partial charge >= 0.3 is 0 Å². The lowest BCUT2D eigenvalue weighted by atomic mass is 10.2. The van der Waals surface area contributed by atoms with Gasteiger partial charge < -0.3 is 10.2 Å². The molecule has 2 nitrogen and oxygen atoms in total. The van der Waals surface area contributed by atoms with Gasteiger partial charge in [0.15, 0.2) is 0 Å². The molecule has 1 aromatic rings. The Kier molecular flexibility index (Phi) is 2.35. The Bertz CT molecular complexity index is 220. The molecule has 1 atom stereocenters. The molecule has 1 rings (SSSR count). The van der Waals surface area contributed by atoms with Crippen LogP contribution in [0.5, 0.6) is 0 Å². The van der Waals surface area contributed by atoms with E-state index in [1.165, 1.54) is 5.56 Å². The molecule has 0 amide bonds. The summed E-state index contributed by atoms with van der Waals surface area (Å²) in [7, 11) is 0. The van der Waals surface area contributed by atoms with E-state index in [1.54, 1.807) is 0 Å². The van der Waals surface area contributed by atoms with Crippen molar-refractivity contribution < 1.29 is 4.42 Å². The van der Waals surface area contributed by atoms with Crippen molar-refractivity contribution in [1.29, 1.82) is 0 Å². The maximum absolute atomic E-state index is 5.78. The van der Waals surface area contributed by atoms with Gasteiger partial charge in [0.1, 0.15) is 11.5 Å². The normalized spacial score (nSPS) is 13.5. The van der Waals surface area contributed by atoms with Crippen LogP contribution in [0.4, 0.5) is 0 Å². The van der Waals surface area contributed by atoms with Gasteiger partial charge in [0.25, 0.3) is 0 Å². The summed E-state index contributed by atoms with van der Waals surface area (Å²) in [5, 5.41) is 0. The fourth-order valence-electron chi connectivity index (χ4n) is 0.986. The summed E-state index contributed by atoms with van der Waals surface area (Å²) in [5.41, 5.74) is 6.97. The topological polar surface area (TPSA) is 39.2 Å².